The number of nitrogens with zero attached hydrogens (tertiary/aromatic N) is 2. The van der Waals surface area contributed by atoms with Crippen LogP contribution in [-0.4, -0.2) is 21.8 Å². The first-order chi connectivity index (χ1) is 6.25. The van der Waals surface area contributed by atoms with Crippen LogP contribution in [0.25, 0.3) is 0 Å². The van der Waals surface area contributed by atoms with Gasteiger partial charge in [-0.1, -0.05) is 6.92 Å². The third kappa shape index (κ3) is 2.06. The van der Waals surface area contributed by atoms with E-state index in [0.717, 1.165) is 18.2 Å². The lowest BCUT2D eigenvalue weighted by Gasteiger charge is -2.25. The summed E-state index contributed by atoms with van der Waals surface area (Å²) in [6, 6.07) is 0. The zero-order chi connectivity index (χ0) is 9.26. The van der Waals surface area contributed by atoms with Gasteiger partial charge in [0.25, 0.3) is 0 Å². The Balaban J connectivity index is 2.02. The maximum Gasteiger partial charge on any atom is 0.0977 e. The second-order valence-electron chi connectivity index (χ2n) is 3.69. The van der Waals surface area contributed by atoms with Gasteiger partial charge in [-0.2, -0.15) is 0 Å². The molecule has 1 aromatic heterocycles. The standard InChI is InChI=1S/C9H15N3S/c1-7-3-10-9(13-5-7)8-4-12(2)6-11-8/h4,6-7,9-10H,3,5H2,1-2H3. The van der Waals surface area contributed by atoms with E-state index in [4.69, 9.17) is 0 Å². The molecular formula is C9H15N3S. The van der Waals surface area contributed by atoms with E-state index in [-0.39, 0.29) is 0 Å². The lowest BCUT2D eigenvalue weighted by atomic mass is 10.2. The van der Waals surface area contributed by atoms with Crippen LogP contribution >= 0.6 is 11.8 Å². The second kappa shape index (κ2) is 3.72. The van der Waals surface area contributed by atoms with Crippen LogP contribution in [0.15, 0.2) is 12.5 Å². The topological polar surface area (TPSA) is 29.9 Å². The van der Waals surface area contributed by atoms with E-state index in [1.807, 2.05) is 29.7 Å². The summed E-state index contributed by atoms with van der Waals surface area (Å²) in [5, 5.41) is 3.89. The number of aromatic nitrogens is 2. The molecule has 2 rings (SSSR count). The summed E-state index contributed by atoms with van der Waals surface area (Å²) >= 11 is 1.95. The Morgan fingerprint density at radius 3 is 3.08 bits per heavy atom. The van der Waals surface area contributed by atoms with Crippen molar-refractivity contribution >= 4 is 11.8 Å². The van der Waals surface area contributed by atoms with Gasteiger partial charge >= 0.3 is 0 Å². The Bertz CT molecular complexity index is 276. The number of hydrogen-bond donors (Lipinski definition) is 1. The maximum absolute atomic E-state index is 4.34. The van der Waals surface area contributed by atoms with Crippen LogP contribution in [0, 0.1) is 5.92 Å². The maximum atomic E-state index is 4.34. The van der Waals surface area contributed by atoms with Crippen molar-refractivity contribution in [3.05, 3.63) is 18.2 Å². The minimum atomic E-state index is 0.400. The van der Waals surface area contributed by atoms with Gasteiger partial charge in [0, 0.05) is 13.2 Å². The number of aryl methyl sites for hydroxylation is 1. The highest BCUT2D eigenvalue weighted by Crippen LogP contribution is 2.29. The first-order valence-electron chi connectivity index (χ1n) is 4.58. The zero-order valence-electron chi connectivity index (χ0n) is 8.03. The lowest BCUT2D eigenvalue weighted by Crippen LogP contribution is -2.31. The molecule has 1 N–H and O–H groups in total. The molecule has 0 radical (unpaired) electrons. The van der Waals surface area contributed by atoms with Crippen molar-refractivity contribution < 1.29 is 0 Å². The van der Waals surface area contributed by atoms with Crippen molar-refractivity contribution in [2.75, 3.05) is 12.3 Å². The third-order valence-corrected chi connectivity index (χ3v) is 3.70. The quantitative estimate of drug-likeness (QED) is 0.738. The van der Waals surface area contributed by atoms with E-state index in [0.29, 0.717) is 5.37 Å². The third-order valence-electron chi connectivity index (χ3n) is 2.19. The normalized spacial score (nSPS) is 29.1. The average Bonchev–Trinajstić information content (AvgIpc) is 2.53. The van der Waals surface area contributed by atoms with Gasteiger partial charge in [0.2, 0.25) is 0 Å². The highest BCUT2D eigenvalue weighted by Gasteiger charge is 2.20. The van der Waals surface area contributed by atoms with Crippen LogP contribution in [0.4, 0.5) is 0 Å². The molecule has 1 fully saturated rings. The fourth-order valence-electron chi connectivity index (χ4n) is 1.44. The summed E-state index contributed by atoms with van der Waals surface area (Å²) in [4.78, 5) is 4.34. The van der Waals surface area contributed by atoms with Crippen LogP contribution < -0.4 is 5.32 Å². The van der Waals surface area contributed by atoms with Crippen LogP contribution in [0.3, 0.4) is 0 Å². The van der Waals surface area contributed by atoms with Crippen molar-refractivity contribution in [3.63, 3.8) is 0 Å². The summed E-state index contributed by atoms with van der Waals surface area (Å²) in [5.41, 5.74) is 1.15. The molecule has 0 aliphatic carbocycles. The molecule has 13 heavy (non-hydrogen) atoms. The van der Waals surface area contributed by atoms with Crippen molar-refractivity contribution in [2.45, 2.75) is 12.3 Å². The number of hydrogen-bond acceptors (Lipinski definition) is 3. The number of imidazole rings is 1. The highest BCUT2D eigenvalue weighted by molar-refractivity contribution is 7.99. The van der Waals surface area contributed by atoms with Crippen molar-refractivity contribution in [1.29, 1.82) is 0 Å². The van der Waals surface area contributed by atoms with Crippen LogP contribution in [0.5, 0.6) is 0 Å². The number of nitrogens with one attached hydrogen (secondary N) is 1. The Morgan fingerprint density at radius 2 is 2.54 bits per heavy atom. The minimum Gasteiger partial charge on any atom is -0.340 e. The van der Waals surface area contributed by atoms with Crippen LogP contribution in [-0.2, 0) is 7.05 Å². The van der Waals surface area contributed by atoms with Gasteiger partial charge in [-0.3, -0.25) is 0 Å². The van der Waals surface area contributed by atoms with Crippen molar-refractivity contribution in [3.8, 4) is 0 Å². The Morgan fingerprint density at radius 1 is 1.69 bits per heavy atom. The molecule has 2 unspecified atom stereocenters. The van der Waals surface area contributed by atoms with E-state index in [1.54, 1.807) is 0 Å². The minimum absolute atomic E-state index is 0.400. The first kappa shape index (κ1) is 9.09. The van der Waals surface area contributed by atoms with Gasteiger partial charge in [0.15, 0.2) is 0 Å². The summed E-state index contributed by atoms with van der Waals surface area (Å²) in [5.74, 6) is 2.01. The molecule has 4 heteroatoms. The summed E-state index contributed by atoms with van der Waals surface area (Å²) in [6.07, 6.45) is 3.94. The van der Waals surface area contributed by atoms with Crippen molar-refractivity contribution in [1.82, 2.24) is 14.9 Å². The molecule has 0 saturated carbocycles. The van der Waals surface area contributed by atoms with E-state index < -0.39 is 0 Å². The van der Waals surface area contributed by atoms with Crippen LogP contribution in [0.2, 0.25) is 0 Å². The summed E-state index contributed by atoms with van der Waals surface area (Å²) in [6.45, 7) is 3.38. The molecule has 2 atom stereocenters. The summed E-state index contributed by atoms with van der Waals surface area (Å²) < 4.78 is 2.00. The molecule has 1 aliphatic rings. The molecule has 2 heterocycles. The molecular weight excluding hydrogens is 182 g/mol. The molecule has 3 nitrogen and oxygen atoms in total. The molecule has 1 saturated heterocycles. The monoisotopic (exact) mass is 197 g/mol. The molecule has 1 aromatic rings. The van der Waals surface area contributed by atoms with Gasteiger partial charge in [-0.05, 0) is 18.2 Å². The molecule has 1 aliphatic heterocycles. The Hall–Kier alpha value is -0.480. The number of rotatable bonds is 1. The van der Waals surface area contributed by atoms with Gasteiger partial charge in [0.1, 0.15) is 0 Å². The first-order valence-corrected chi connectivity index (χ1v) is 5.63. The molecule has 0 spiro atoms. The Kier molecular flexibility index (Phi) is 2.60. The lowest BCUT2D eigenvalue weighted by molar-refractivity contribution is 0.525. The van der Waals surface area contributed by atoms with Gasteiger partial charge < -0.3 is 9.88 Å². The highest BCUT2D eigenvalue weighted by atomic mass is 32.2. The van der Waals surface area contributed by atoms with Crippen LogP contribution in [0.1, 0.15) is 18.0 Å². The van der Waals surface area contributed by atoms with E-state index in [2.05, 4.69) is 23.4 Å². The molecule has 72 valence electrons. The SMILES string of the molecule is CC1CNC(c2cn(C)cn2)SC1. The van der Waals surface area contributed by atoms with E-state index in [9.17, 15) is 0 Å². The zero-order valence-corrected chi connectivity index (χ0v) is 8.84. The van der Waals surface area contributed by atoms with Gasteiger partial charge in [0.05, 0.1) is 17.4 Å². The van der Waals surface area contributed by atoms with Gasteiger partial charge in [-0.25, -0.2) is 4.98 Å². The largest absolute Gasteiger partial charge is 0.340 e. The molecule has 0 bridgehead atoms. The summed E-state index contributed by atoms with van der Waals surface area (Å²) in [7, 11) is 2.01. The second-order valence-corrected chi connectivity index (χ2v) is 4.83. The fourth-order valence-corrected chi connectivity index (χ4v) is 2.59. The van der Waals surface area contributed by atoms with Crippen molar-refractivity contribution in [2.24, 2.45) is 13.0 Å². The predicted molar refractivity (Wildman–Crippen MR) is 55.6 cm³/mol. The van der Waals surface area contributed by atoms with Gasteiger partial charge in [-0.15, -0.1) is 11.8 Å². The molecule has 0 aromatic carbocycles. The van der Waals surface area contributed by atoms with E-state index >= 15 is 0 Å². The fraction of sp³-hybridized carbons (Fsp3) is 0.667. The number of thioether (sulfide) groups is 1. The van der Waals surface area contributed by atoms with E-state index in [1.165, 1.54) is 5.75 Å². The predicted octanol–water partition coefficient (Wildman–Crippen LogP) is 1.39. The smallest absolute Gasteiger partial charge is 0.0977 e. The molecule has 0 amide bonds. The average molecular weight is 197 g/mol. The Labute approximate surface area is 82.9 Å².